The van der Waals surface area contributed by atoms with Gasteiger partial charge in [0.15, 0.2) is 0 Å². The molecule has 9 nitrogen and oxygen atoms in total. The normalized spacial score (nSPS) is 15.4. The number of alkyl halides is 3. The van der Waals surface area contributed by atoms with Crippen LogP contribution in [0.1, 0.15) is 12.0 Å². The van der Waals surface area contributed by atoms with Crippen molar-refractivity contribution in [2.24, 2.45) is 0 Å². The fourth-order valence-corrected chi connectivity index (χ4v) is 3.50. The van der Waals surface area contributed by atoms with Crippen LogP contribution < -0.4 is 20.7 Å². The molecule has 2 aromatic heterocycles. The molecule has 2 amide bonds. The van der Waals surface area contributed by atoms with Gasteiger partial charge in [0.2, 0.25) is 0 Å². The van der Waals surface area contributed by atoms with E-state index in [9.17, 15) is 18.0 Å². The van der Waals surface area contributed by atoms with Gasteiger partial charge in [-0.25, -0.2) is 9.59 Å². The SMILES string of the molecule is O=C(NCc1ccncc1O[C@H]1CCNC1)Nc1ccc2sncc2c1.O=C(O)C(F)(F)F. The first kappa shape index (κ1) is 24.2. The Bertz CT molecular complexity index is 1100. The summed E-state index contributed by atoms with van der Waals surface area (Å²) in [6.45, 7) is 2.17. The van der Waals surface area contributed by atoms with E-state index in [1.165, 1.54) is 11.5 Å². The smallest absolute Gasteiger partial charge is 0.487 e. The number of amides is 2. The number of fused-ring (bicyclic) bond motifs is 1. The van der Waals surface area contributed by atoms with Crippen LogP contribution in [-0.4, -0.2) is 51.8 Å². The Hall–Kier alpha value is -3.45. The van der Waals surface area contributed by atoms with Gasteiger partial charge in [0.25, 0.3) is 0 Å². The Kier molecular flexibility index (Phi) is 8.01. The number of ether oxygens (including phenoxy) is 1. The molecule has 13 heteroatoms. The minimum absolute atomic E-state index is 0.151. The summed E-state index contributed by atoms with van der Waals surface area (Å²) in [4.78, 5) is 25.2. The third kappa shape index (κ3) is 7.29. The summed E-state index contributed by atoms with van der Waals surface area (Å²) in [5.74, 6) is -2.04. The van der Waals surface area contributed by atoms with E-state index >= 15 is 0 Å². The number of urea groups is 1. The van der Waals surface area contributed by atoms with Crippen molar-refractivity contribution >= 4 is 39.3 Å². The number of anilines is 1. The van der Waals surface area contributed by atoms with E-state index in [1.807, 2.05) is 24.3 Å². The maximum absolute atomic E-state index is 12.2. The number of nitrogens with one attached hydrogen (secondary N) is 3. The average Bonchev–Trinajstić information content (AvgIpc) is 3.44. The van der Waals surface area contributed by atoms with Crippen LogP contribution in [0.2, 0.25) is 0 Å². The molecule has 0 radical (unpaired) electrons. The van der Waals surface area contributed by atoms with Crippen molar-refractivity contribution in [3.05, 3.63) is 48.4 Å². The highest BCUT2D eigenvalue weighted by Gasteiger charge is 2.38. The molecule has 1 fully saturated rings. The molecular formula is C20H20F3N5O4S. The summed E-state index contributed by atoms with van der Waals surface area (Å²) >= 11 is 1.43. The minimum atomic E-state index is -5.08. The van der Waals surface area contributed by atoms with E-state index in [0.717, 1.165) is 40.8 Å². The number of aliphatic carboxylic acids is 1. The van der Waals surface area contributed by atoms with Crippen LogP contribution >= 0.6 is 11.5 Å². The highest BCUT2D eigenvalue weighted by Crippen LogP contribution is 2.22. The molecule has 4 N–H and O–H groups in total. The van der Waals surface area contributed by atoms with Gasteiger partial charge < -0.3 is 25.8 Å². The molecule has 0 aliphatic carbocycles. The first-order valence-electron chi connectivity index (χ1n) is 9.72. The van der Waals surface area contributed by atoms with E-state index < -0.39 is 12.1 Å². The minimum Gasteiger partial charge on any atom is -0.487 e. The largest absolute Gasteiger partial charge is 0.490 e. The molecule has 4 rings (SSSR count). The number of carbonyl (C=O) groups is 2. The number of aromatic nitrogens is 2. The Labute approximate surface area is 190 Å². The maximum Gasteiger partial charge on any atom is 0.490 e. The monoisotopic (exact) mass is 483 g/mol. The molecule has 33 heavy (non-hydrogen) atoms. The molecule has 1 aliphatic heterocycles. The van der Waals surface area contributed by atoms with E-state index in [2.05, 4.69) is 25.3 Å². The van der Waals surface area contributed by atoms with Crippen molar-refractivity contribution in [2.45, 2.75) is 25.2 Å². The van der Waals surface area contributed by atoms with E-state index in [4.69, 9.17) is 14.6 Å². The Morgan fingerprint density at radius 3 is 2.76 bits per heavy atom. The zero-order valence-electron chi connectivity index (χ0n) is 17.1. The van der Waals surface area contributed by atoms with Crippen molar-refractivity contribution < 1.29 is 32.6 Å². The highest BCUT2D eigenvalue weighted by atomic mass is 32.1. The molecule has 1 atom stereocenters. The van der Waals surface area contributed by atoms with Gasteiger partial charge in [-0.15, -0.1) is 0 Å². The molecule has 3 aromatic rings. The summed E-state index contributed by atoms with van der Waals surface area (Å²) in [6.07, 6.45) is 1.23. The Morgan fingerprint density at radius 2 is 2.06 bits per heavy atom. The summed E-state index contributed by atoms with van der Waals surface area (Å²) < 4.78 is 43.0. The second-order valence-electron chi connectivity index (χ2n) is 6.91. The van der Waals surface area contributed by atoms with Crippen molar-refractivity contribution in [3.63, 3.8) is 0 Å². The molecule has 0 unspecified atom stereocenters. The third-order valence-corrected chi connectivity index (χ3v) is 5.25. The quantitative estimate of drug-likeness (QED) is 0.438. The molecule has 176 valence electrons. The van der Waals surface area contributed by atoms with E-state index in [1.54, 1.807) is 18.6 Å². The third-order valence-electron chi connectivity index (χ3n) is 4.47. The summed E-state index contributed by atoms with van der Waals surface area (Å²) in [6, 6.07) is 7.33. The zero-order valence-corrected chi connectivity index (χ0v) is 17.9. The Balaban J connectivity index is 0.000000383. The van der Waals surface area contributed by atoms with Crippen LogP contribution in [0, 0.1) is 0 Å². The highest BCUT2D eigenvalue weighted by molar-refractivity contribution is 7.13. The first-order chi connectivity index (χ1) is 15.7. The van der Waals surface area contributed by atoms with Gasteiger partial charge in [-0.3, -0.25) is 4.98 Å². The number of carbonyl (C=O) groups excluding carboxylic acids is 1. The fourth-order valence-electron chi connectivity index (χ4n) is 2.87. The van der Waals surface area contributed by atoms with Crippen LogP contribution in [0.5, 0.6) is 5.75 Å². The number of carboxylic acid groups (broad SMARTS) is 1. The Morgan fingerprint density at radius 1 is 1.27 bits per heavy atom. The summed E-state index contributed by atoms with van der Waals surface area (Å²) in [5, 5.41) is 17.1. The van der Waals surface area contributed by atoms with Crippen LogP contribution in [0.25, 0.3) is 10.1 Å². The van der Waals surface area contributed by atoms with E-state index in [0.29, 0.717) is 12.3 Å². The first-order valence-corrected chi connectivity index (χ1v) is 10.5. The van der Waals surface area contributed by atoms with Gasteiger partial charge >= 0.3 is 18.2 Å². The lowest BCUT2D eigenvalue weighted by molar-refractivity contribution is -0.192. The van der Waals surface area contributed by atoms with Crippen molar-refractivity contribution in [1.82, 2.24) is 20.0 Å². The van der Waals surface area contributed by atoms with Gasteiger partial charge in [-0.05, 0) is 48.8 Å². The van der Waals surface area contributed by atoms with Gasteiger partial charge in [0.1, 0.15) is 11.9 Å². The van der Waals surface area contributed by atoms with Crippen molar-refractivity contribution in [3.8, 4) is 5.75 Å². The van der Waals surface area contributed by atoms with Crippen LogP contribution in [-0.2, 0) is 11.3 Å². The molecule has 1 aliphatic rings. The summed E-state index contributed by atoms with van der Waals surface area (Å²) in [5.41, 5.74) is 1.64. The maximum atomic E-state index is 12.2. The summed E-state index contributed by atoms with van der Waals surface area (Å²) in [7, 11) is 0. The molecular weight excluding hydrogens is 463 g/mol. The number of carboxylic acids is 1. The number of pyridine rings is 1. The molecule has 0 bridgehead atoms. The molecule has 0 spiro atoms. The van der Waals surface area contributed by atoms with Gasteiger partial charge in [0.05, 0.1) is 10.9 Å². The van der Waals surface area contributed by atoms with Gasteiger partial charge in [-0.2, -0.15) is 17.5 Å². The fraction of sp³-hybridized carbons (Fsp3) is 0.300. The average molecular weight is 483 g/mol. The molecule has 1 saturated heterocycles. The predicted molar refractivity (Wildman–Crippen MR) is 115 cm³/mol. The number of rotatable bonds is 5. The second-order valence-corrected chi connectivity index (χ2v) is 7.74. The van der Waals surface area contributed by atoms with E-state index in [-0.39, 0.29) is 12.1 Å². The van der Waals surface area contributed by atoms with Crippen molar-refractivity contribution in [1.29, 1.82) is 0 Å². The lowest BCUT2D eigenvalue weighted by Gasteiger charge is -2.16. The van der Waals surface area contributed by atoms with Crippen LogP contribution in [0.3, 0.4) is 0 Å². The number of benzene rings is 1. The lowest BCUT2D eigenvalue weighted by atomic mass is 10.2. The molecule has 3 heterocycles. The number of hydrogen-bond acceptors (Lipinski definition) is 7. The lowest BCUT2D eigenvalue weighted by Crippen LogP contribution is -2.28. The van der Waals surface area contributed by atoms with Crippen LogP contribution in [0.4, 0.5) is 23.7 Å². The molecule has 1 aromatic carbocycles. The number of nitrogens with zero attached hydrogens (tertiary/aromatic N) is 2. The molecule has 0 saturated carbocycles. The van der Waals surface area contributed by atoms with Crippen molar-refractivity contribution in [2.75, 3.05) is 18.4 Å². The predicted octanol–water partition coefficient (Wildman–Crippen LogP) is 3.39. The van der Waals surface area contributed by atoms with Crippen LogP contribution in [0.15, 0.2) is 42.9 Å². The van der Waals surface area contributed by atoms with Gasteiger partial charge in [-0.1, -0.05) is 0 Å². The van der Waals surface area contributed by atoms with Gasteiger partial charge in [0, 0.05) is 42.1 Å². The zero-order chi connectivity index (χ0) is 23.8. The number of hydrogen-bond donors (Lipinski definition) is 4. The standard InChI is InChI=1S/C18H19N5O2S.C2HF3O2/c24-18(23-14-1-2-17-13(7-14)9-22-26-17)21-8-12-3-5-20-11-16(12)25-15-4-6-19-10-15;3-2(4,5)1(6)7/h1-3,5,7,9,11,15,19H,4,6,8,10H2,(H2,21,23,24);(H,6,7)/t15-;/m0./s1. The topological polar surface area (TPSA) is 125 Å². The number of halogens is 3. The second kappa shape index (κ2) is 10.9.